The van der Waals surface area contributed by atoms with Gasteiger partial charge in [-0.2, -0.15) is 0 Å². The number of benzene rings is 2. The van der Waals surface area contributed by atoms with Crippen LogP contribution in [-0.4, -0.2) is 26.6 Å². The average molecular weight is 413 g/mol. The third-order valence-corrected chi connectivity index (χ3v) is 6.99. The molecule has 0 amide bonds. The Hall–Kier alpha value is -2.40. The molecule has 1 heterocycles. The van der Waals surface area contributed by atoms with E-state index >= 15 is 0 Å². The Morgan fingerprint density at radius 3 is 2.21 bits per heavy atom. The highest BCUT2D eigenvalue weighted by Gasteiger charge is 2.33. The quantitative estimate of drug-likeness (QED) is 0.695. The van der Waals surface area contributed by atoms with E-state index in [9.17, 15) is 14.1 Å². The van der Waals surface area contributed by atoms with Gasteiger partial charge in [0, 0.05) is 16.6 Å². The number of ether oxygens (including phenoxy) is 1. The van der Waals surface area contributed by atoms with Gasteiger partial charge in [0.25, 0.3) is 0 Å². The van der Waals surface area contributed by atoms with Crippen molar-refractivity contribution in [3.63, 3.8) is 0 Å². The fourth-order valence-corrected chi connectivity index (χ4v) is 5.26. The van der Waals surface area contributed by atoms with E-state index in [4.69, 9.17) is 4.74 Å². The fourth-order valence-electron chi connectivity index (χ4n) is 4.00. The minimum absolute atomic E-state index is 0.0506. The Bertz CT molecular complexity index is 965. The Labute approximate surface area is 175 Å². The van der Waals surface area contributed by atoms with Crippen LogP contribution in [0.2, 0.25) is 0 Å². The number of carbonyl (C=O) groups excluding carboxylic acids is 1. The van der Waals surface area contributed by atoms with Crippen LogP contribution in [0, 0.1) is 27.7 Å². The second-order valence-electron chi connectivity index (χ2n) is 7.98. The fraction of sp³-hybridized carbons (Fsp3) is 0.375. The summed E-state index contributed by atoms with van der Waals surface area (Å²) < 4.78 is 18.4. The predicted molar refractivity (Wildman–Crippen MR) is 116 cm³/mol. The van der Waals surface area contributed by atoms with Crippen LogP contribution in [-0.2, 0) is 20.3 Å². The van der Waals surface area contributed by atoms with Crippen LogP contribution in [0.4, 0.5) is 0 Å². The minimum Gasteiger partial charge on any atom is -0.511 e. The van der Waals surface area contributed by atoms with Crippen molar-refractivity contribution in [1.29, 1.82) is 0 Å². The van der Waals surface area contributed by atoms with Gasteiger partial charge in [0.05, 0.1) is 10.8 Å². The molecule has 1 aliphatic heterocycles. The molecule has 0 aromatic heterocycles. The van der Waals surface area contributed by atoms with Crippen molar-refractivity contribution in [3.05, 3.63) is 70.0 Å². The molecule has 1 aliphatic rings. The molecule has 29 heavy (non-hydrogen) atoms. The summed E-state index contributed by atoms with van der Waals surface area (Å²) in [5.74, 6) is -0.461. The van der Waals surface area contributed by atoms with Crippen LogP contribution in [0.1, 0.15) is 47.6 Å². The molecule has 154 valence electrons. The normalized spacial score (nSPS) is 19.1. The van der Waals surface area contributed by atoms with E-state index in [2.05, 4.69) is 0 Å². The molecule has 0 spiro atoms. The third kappa shape index (κ3) is 4.61. The molecular weight excluding hydrogens is 384 g/mol. The van der Waals surface area contributed by atoms with Gasteiger partial charge in [-0.3, -0.25) is 4.21 Å². The lowest BCUT2D eigenvalue weighted by atomic mass is 9.90. The lowest BCUT2D eigenvalue weighted by molar-refractivity contribution is -0.143. The minimum atomic E-state index is -1.20. The maximum Gasteiger partial charge on any atom is 0.342 e. The molecule has 4 nitrogen and oxygen atoms in total. The first-order valence-electron chi connectivity index (χ1n) is 9.86. The Morgan fingerprint density at radius 1 is 1.07 bits per heavy atom. The summed E-state index contributed by atoms with van der Waals surface area (Å²) in [6, 6.07) is 11.6. The highest BCUT2D eigenvalue weighted by Crippen LogP contribution is 2.34. The van der Waals surface area contributed by atoms with Crippen molar-refractivity contribution >= 4 is 22.3 Å². The van der Waals surface area contributed by atoms with Crippen LogP contribution in [0.15, 0.2) is 47.1 Å². The first kappa shape index (κ1) is 21.3. The molecule has 3 unspecified atom stereocenters. The van der Waals surface area contributed by atoms with Gasteiger partial charge in [0.15, 0.2) is 0 Å². The largest absolute Gasteiger partial charge is 0.511 e. The van der Waals surface area contributed by atoms with E-state index in [-0.39, 0.29) is 23.0 Å². The van der Waals surface area contributed by atoms with Gasteiger partial charge < -0.3 is 9.84 Å². The zero-order valence-electron chi connectivity index (χ0n) is 17.6. The smallest absolute Gasteiger partial charge is 0.342 e. The SMILES string of the molecule is Cc1ccc(S(=O)C(C)CC2CC(O)=C(c3c(C)cc(C)cc3C)C(=O)O2)cc1. The predicted octanol–water partition coefficient (Wildman–Crippen LogP) is 5.09. The average Bonchev–Trinajstić information content (AvgIpc) is 2.63. The molecule has 0 fully saturated rings. The maximum atomic E-state index is 12.8. The number of aliphatic hydroxyl groups is 1. The molecule has 0 radical (unpaired) electrons. The van der Waals surface area contributed by atoms with Gasteiger partial charge in [-0.05, 0) is 62.9 Å². The second-order valence-corrected chi connectivity index (χ2v) is 9.85. The molecule has 0 bridgehead atoms. The number of esters is 1. The Morgan fingerprint density at radius 2 is 1.66 bits per heavy atom. The van der Waals surface area contributed by atoms with Crippen LogP contribution >= 0.6 is 0 Å². The van der Waals surface area contributed by atoms with Crippen molar-refractivity contribution in [2.24, 2.45) is 0 Å². The highest BCUT2D eigenvalue weighted by molar-refractivity contribution is 7.85. The van der Waals surface area contributed by atoms with Gasteiger partial charge in [0.1, 0.15) is 17.4 Å². The molecule has 0 saturated heterocycles. The molecule has 0 aliphatic carbocycles. The van der Waals surface area contributed by atoms with Crippen molar-refractivity contribution in [2.75, 3.05) is 0 Å². The van der Waals surface area contributed by atoms with Crippen molar-refractivity contribution in [3.8, 4) is 0 Å². The van der Waals surface area contributed by atoms with E-state index in [1.54, 1.807) is 0 Å². The lowest BCUT2D eigenvalue weighted by Gasteiger charge is -2.27. The zero-order chi connectivity index (χ0) is 21.3. The Kier molecular flexibility index (Phi) is 6.27. The van der Waals surface area contributed by atoms with E-state index < -0.39 is 22.9 Å². The first-order valence-corrected chi connectivity index (χ1v) is 11.1. The number of carbonyl (C=O) groups is 1. The number of cyclic esters (lactones) is 1. The van der Waals surface area contributed by atoms with Gasteiger partial charge in [-0.1, -0.05) is 42.3 Å². The molecule has 3 rings (SSSR count). The van der Waals surface area contributed by atoms with Crippen LogP contribution in [0.3, 0.4) is 0 Å². The van der Waals surface area contributed by atoms with E-state index in [0.717, 1.165) is 32.7 Å². The van der Waals surface area contributed by atoms with Crippen LogP contribution in [0.25, 0.3) is 5.57 Å². The molecule has 2 aromatic rings. The van der Waals surface area contributed by atoms with E-state index in [1.807, 2.05) is 71.0 Å². The number of rotatable bonds is 5. The maximum absolute atomic E-state index is 12.8. The van der Waals surface area contributed by atoms with E-state index in [0.29, 0.717) is 6.42 Å². The van der Waals surface area contributed by atoms with Gasteiger partial charge in [0.2, 0.25) is 0 Å². The summed E-state index contributed by atoms with van der Waals surface area (Å²) in [5, 5.41) is 10.5. The van der Waals surface area contributed by atoms with Crippen molar-refractivity contribution in [2.45, 2.75) is 63.7 Å². The van der Waals surface area contributed by atoms with Gasteiger partial charge in [-0.25, -0.2) is 4.79 Å². The monoisotopic (exact) mass is 412 g/mol. The van der Waals surface area contributed by atoms with Gasteiger partial charge >= 0.3 is 5.97 Å². The highest BCUT2D eigenvalue weighted by atomic mass is 32.2. The summed E-state index contributed by atoms with van der Waals surface area (Å²) in [7, 11) is -1.20. The summed E-state index contributed by atoms with van der Waals surface area (Å²) in [4.78, 5) is 13.5. The summed E-state index contributed by atoms with van der Waals surface area (Å²) in [5.41, 5.74) is 5.10. The topological polar surface area (TPSA) is 63.6 Å². The molecule has 0 saturated carbocycles. The Balaban J connectivity index is 1.78. The second kappa shape index (κ2) is 8.54. The number of aliphatic hydroxyl groups excluding tert-OH is 1. The standard InChI is InChI=1S/C24H28O4S/c1-14-6-8-20(9-7-14)29(27)18(5)12-19-13-21(25)23(24(26)28-19)22-16(3)10-15(2)11-17(22)4/h6-11,18-19,25H,12-13H2,1-5H3. The van der Waals surface area contributed by atoms with Crippen LogP contribution in [0.5, 0.6) is 0 Å². The molecule has 5 heteroatoms. The zero-order valence-corrected chi connectivity index (χ0v) is 18.4. The van der Waals surface area contributed by atoms with Crippen LogP contribution < -0.4 is 0 Å². The summed E-state index contributed by atoms with van der Waals surface area (Å²) in [6.07, 6.45) is 0.181. The molecule has 1 N–H and O–H groups in total. The number of hydrogen-bond acceptors (Lipinski definition) is 4. The molecular formula is C24H28O4S. The van der Waals surface area contributed by atoms with Crippen molar-refractivity contribution < 1.29 is 18.8 Å². The lowest BCUT2D eigenvalue weighted by Crippen LogP contribution is -2.30. The summed E-state index contributed by atoms with van der Waals surface area (Å²) >= 11 is 0. The number of hydrogen-bond donors (Lipinski definition) is 1. The van der Waals surface area contributed by atoms with Gasteiger partial charge in [-0.15, -0.1) is 0 Å². The van der Waals surface area contributed by atoms with Crippen molar-refractivity contribution in [1.82, 2.24) is 0 Å². The summed E-state index contributed by atoms with van der Waals surface area (Å²) in [6.45, 7) is 9.74. The molecule has 2 aromatic carbocycles. The third-order valence-electron chi connectivity index (χ3n) is 5.33. The first-order chi connectivity index (χ1) is 13.7. The molecule has 3 atom stereocenters. The number of aryl methyl sites for hydroxylation is 4. The van der Waals surface area contributed by atoms with E-state index in [1.165, 1.54) is 0 Å².